The second kappa shape index (κ2) is 12.0. The Morgan fingerprint density at radius 3 is 1.31 bits per heavy atom. The molecule has 0 bridgehead atoms. The van der Waals surface area contributed by atoms with Crippen LogP contribution >= 0.6 is 0 Å². The van der Waals surface area contributed by atoms with Gasteiger partial charge in [0.1, 0.15) is 0 Å². The molecule has 0 radical (unpaired) electrons. The summed E-state index contributed by atoms with van der Waals surface area (Å²) in [5.41, 5.74) is 13.4. The third-order valence-corrected chi connectivity index (χ3v) is 10.2. The Kier molecular flexibility index (Phi) is 6.84. The number of rotatable bonds is 5. The van der Waals surface area contributed by atoms with Gasteiger partial charge in [-0.1, -0.05) is 121 Å². The summed E-state index contributed by atoms with van der Waals surface area (Å²) in [6.45, 7) is 0. The van der Waals surface area contributed by atoms with Gasteiger partial charge in [-0.15, -0.1) is 0 Å². The second-order valence-corrected chi connectivity index (χ2v) is 13.1. The third kappa shape index (κ3) is 4.65. The van der Waals surface area contributed by atoms with Crippen LogP contribution in [0.4, 0.5) is 0 Å². The van der Waals surface area contributed by atoms with E-state index in [0.717, 1.165) is 88.4 Å². The molecule has 242 valence electrons. The van der Waals surface area contributed by atoms with Crippen molar-refractivity contribution in [3.63, 3.8) is 0 Å². The van der Waals surface area contributed by atoms with E-state index in [1.165, 1.54) is 0 Å². The first-order chi connectivity index (χ1) is 25.8. The largest absolute Gasteiger partial charge is 0.308 e. The van der Waals surface area contributed by atoms with Crippen LogP contribution in [-0.2, 0) is 0 Å². The topological polar surface area (TPSA) is 46.5 Å². The molecule has 52 heavy (non-hydrogen) atoms. The lowest BCUT2D eigenvalue weighted by molar-refractivity contribution is 1.13. The van der Waals surface area contributed by atoms with E-state index in [0.29, 0.717) is 5.56 Å². The van der Waals surface area contributed by atoms with Crippen molar-refractivity contribution < 1.29 is 0 Å². The zero-order valence-electron chi connectivity index (χ0n) is 28.1. The van der Waals surface area contributed by atoms with Gasteiger partial charge in [0.05, 0.1) is 45.1 Å². The SMILES string of the molecule is N#Cc1cc(-n2c3ccccc3c3ccc(-c4ccccc4)cc32)c(-c2ccncc2)c(-n2c3ccccc3c3ccc(-c4ccccc4)cc32)c1. The lowest BCUT2D eigenvalue weighted by Crippen LogP contribution is -2.05. The first-order valence-corrected chi connectivity index (χ1v) is 17.4. The Balaban J connectivity index is 1.36. The molecule has 0 saturated heterocycles. The fraction of sp³-hybridized carbons (Fsp3) is 0. The predicted molar refractivity (Wildman–Crippen MR) is 214 cm³/mol. The number of nitrogens with zero attached hydrogens (tertiary/aromatic N) is 4. The summed E-state index contributed by atoms with van der Waals surface area (Å²) in [7, 11) is 0. The summed E-state index contributed by atoms with van der Waals surface area (Å²) >= 11 is 0. The normalized spacial score (nSPS) is 11.4. The fourth-order valence-electron chi connectivity index (χ4n) is 7.92. The molecule has 0 aliphatic carbocycles. The highest BCUT2D eigenvalue weighted by Crippen LogP contribution is 2.43. The Labute approximate surface area is 300 Å². The van der Waals surface area contributed by atoms with Crippen molar-refractivity contribution in [1.29, 1.82) is 5.26 Å². The summed E-state index contributed by atoms with van der Waals surface area (Å²) in [5.74, 6) is 0. The molecule has 0 spiro atoms. The van der Waals surface area contributed by atoms with Crippen molar-refractivity contribution >= 4 is 43.6 Å². The maximum Gasteiger partial charge on any atom is 0.0993 e. The van der Waals surface area contributed by atoms with Crippen LogP contribution in [-0.4, -0.2) is 14.1 Å². The van der Waals surface area contributed by atoms with Gasteiger partial charge in [0.15, 0.2) is 0 Å². The Morgan fingerprint density at radius 2 is 0.827 bits per heavy atom. The van der Waals surface area contributed by atoms with Gasteiger partial charge >= 0.3 is 0 Å². The van der Waals surface area contributed by atoms with Crippen molar-refractivity contribution in [2.24, 2.45) is 0 Å². The van der Waals surface area contributed by atoms with Gasteiger partial charge in [0.2, 0.25) is 0 Å². The molecular weight excluding hydrogens is 633 g/mol. The molecule has 0 aliphatic heterocycles. The first-order valence-electron chi connectivity index (χ1n) is 17.4. The van der Waals surface area contributed by atoms with Crippen LogP contribution in [0.25, 0.3) is 88.4 Å². The minimum atomic E-state index is 0.582. The van der Waals surface area contributed by atoms with Crippen LogP contribution in [0.2, 0.25) is 0 Å². The summed E-state index contributed by atoms with van der Waals surface area (Å²) in [6.07, 6.45) is 3.69. The molecule has 0 N–H and O–H groups in total. The monoisotopic (exact) mass is 662 g/mol. The molecule has 3 heterocycles. The molecule has 10 rings (SSSR count). The quantitative estimate of drug-likeness (QED) is 0.184. The van der Waals surface area contributed by atoms with Crippen molar-refractivity contribution in [1.82, 2.24) is 14.1 Å². The maximum absolute atomic E-state index is 10.7. The lowest BCUT2D eigenvalue weighted by atomic mass is 9.98. The molecule has 4 nitrogen and oxygen atoms in total. The van der Waals surface area contributed by atoms with E-state index >= 15 is 0 Å². The summed E-state index contributed by atoms with van der Waals surface area (Å²) in [5, 5.41) is 15.3. The highest BCUT2D eigenvalue weighted by atomic mass is 15.0. The van der Waals surface area contributed by atoms with Crippen molar-refractivity contribution in [2.45, 2.75) is 0 Å². The minimum Gasteiger partial charge on any atom is -0.308 e. The number of aromatic nitrogens is 3. The van der Waals surface area contributed by atoms with Gasteiger partial charge in [-0.05, 0) is 76.3 Å². The Bertz CT molecular complexity index is 2820. The van der Waals surface area contributed by atoms with Crippen molar-refractivity contribution in [3.8, 4) is 50.8 Å². The van der Waals surface area contributed by atoms with E-state index in [1.54, 1.807) is 0 Å². The lowest BCUT2D eigenvalue weighted by Gasteiger charge is -2.21. The van der Waals surface area contributed by atoms with Crippen molar-refractivity contribution in [2.75, 3.05) is 0 Å². The van der Waals surface area contributed by atoms with Gasteiger partial charge in [0.25, 0.3) is 0 Å². The number of nitriles is 1. The van der Waals surface area contributed by atoms with Crippen molar-refractivity contribution in [3.05, 3.63) is 188 Å². The highest BCUT2D eigenvalue weighted by molar-refractivity contribution is 6.13. The Hall–Kier alpha value is -7.22. The average molecular weight is 663 g/mol. The van der Waals surface area contributed by atoms with E-state index in [2.05, 4.69) is 166 Å². The predicted octanol–water partition coefficient (Wildman–Crippen LogP) is 12.1. The van der Waals surface area contributed by atoms with E-state index < -0.39 is 0 Å². The maximum atomic E-state index is 10.7. The molecule has 3 aromatic heterocycles. The van der Waals surface area contributed by atoms with E-state index in [-0.39, 0.29) is 0 Å². The van der Waals surface area contributed by atoms with E-state index in [4.69, 9.17) is 0 Å². The number of pyridine rings is 1. The van der Waals surface area contributed by atoms with Gasteiger partial charge in [0, 0.05) is 39.5 Å². The molecule has 0 atom stereocenters. The number of hydrogen-bond acceptors (Lipinski definition) is 2. The zero-order chi connectivity index (χ0) is 34.6. The standard InChI is InChI=1S/C48H30N4/c49-31-32-27-46(51-42-17-9-7-15-38(42)40-21-19-36(29-44(40)51)33-11-3-1-4-12-33)48(35-23-25-50-26-24-35)47(28-32)52-43-18-10-8-16-39(43)41-22-20-37(30-45(41)52)34-13-5-2-6-14-34/h1-30H. The van der Waals surface area contributed by atoms with Crippen LogP contribution in [0.5, 0.6) is 0 Å². The number of hydrogen-bond donors (Lipinski definition) is 0. The summed E-state index contributed by atoms with van der Waals surface area (Å²) < 4.78 is 4.70. The molecule has 0 unspecified atom stereocenters. The Morgan fingerprint density at radius 1 is 0.385 bits per heavy atom. The van der Waals surface area contributed by atoms with Gasteiger partial charge in [-0.3, -0.25) is 4.98 Å². The molecule has 4 heteroatoms. The minimum absolute atomic E-state index is 0.582. The number of benzene rings is 7. The van der Waals surface area contributed by atoms with Crippen LogP contribution in [0, 0.1) is 11.3 Å². The summed E-state index contributed by atoms with van der Waals surface area (Å²) in [4.78, 5) is 4.41. The average Bonchev–Trinajstić information content (AvgIpc) is 3.73. The first kappa shape index (κ1) is 29.7. The van der Waals surface area contributed by atoms with Crippen LogP contribution < -0.4 is 0 Å². The third-order valence-electron chi connectivity index (χ3n) is 10.2. The van der Waals surface area contributed by atoms with E-state index in [9.17, 15) is 5.26 Å². The van der Waals surface area contributed by atoms with Crippen LogP contribution in [0.1, 0.15) is 5.56 Å². The molecule has 0 saturated carbocycles. The molecular formula is C48H30N4. The number of para-hydroxylation sites is 2. The second-order valence-electron chi connectivity index (χ2n) is 13.1. The summed E-state index contributed by atoms with van der Waals surface area (Å²) in [6, 6.07) is 62.3. The van der Waals surface area contributed by atoms with Crippen LogP contribution in [0.15, 0.2) is 182 Å². The van der Waals surface area contributed by atoms with Gasteiger partial charge < -0.3 is 9.13 Å². The molecule has 0 amide bonds. The molecule has 0 fully saturated rings. The fourth-order valence-corrected chi connectivity index (χ4v) is 7.92. The molecule has 10 aromatic rings. The van der Waals surface area contributed by atoms with Gasteiger partial charge in [-0.2, -0.15) is 5.26 Å². The number of fused-ring (bicyclic) bond motifs is 6. The molecule has 0 aliphatic rings. The zero-order valence-corrected chi connectivity index (χ0v) is 28.1. The van der Waals surface area contributed by atoms with Crippen LogP contribution in [0.3, 0.4) is 0 Å². The smallest absolute Gasteiger partial charge is 0.0993 e. The van der Waals surface area contributed by atoms with Gasteiger partial charge in [-0.25, -0.2) is 0 Å². The molecule has 7 aromatic carbocycles. The highest BCUT2D eigenvalue weighted by Gasteiger charge is 2.23. The van der Waals surface area contributed by atoms with E-state index in [1.807, 2.05) is 36.7 Å².